The first-order chi connectivity index (χ1) is 9.93. The van der Waals surface area contributed by atoms with Gasteiger partial charge >= 0.3 is 0 Å². The number of carbonyl (C=O) groups is 1. The largest absolute Gasteiger partial charge is 0.508 e. The number of benzene rings is 2. The molecular formula is C17H20N2O2. The van der Waals surface area contributed by atoms with Gasteiger partial charge in [0.25, 0.3) is 5.91 Å². The Balaban J connectivity index is 2.44. The molecule has 0 heterocycles. The molecule has 0 aromatic heterocycles. The van der Waals surface area contributed by atoms with E-state index >= 15 is 0 Å². The predicted octanol–water partition coefficient (Wildman–Crippen LogP) is 3.26. The summed E-state index contributed by atoms with van der Waals surface area (Å²) in [5.74, 6) is 0.0196. The lowest BCUT2D eigenvalue weighted by Crippen LogP contribution is -2.31. The average molecular weight is 284 g/mol. The van der Waals surface area contributed by atoms with Gasteiger partial charge in [0.15, 0.2) is 0 Å². The molecule has 0 bridgehead atoms. The van der Waals surface area contributed by atoms with Crippen LogP contribution in [0.2, 0.25) is 0 Å². The molecule has 0 unspecified atom stereocenters. The Labute approximate surface area is 124 Å². The first kappa shape index (κ1) is 14.9. The molecule has 0 aliphatic heterocycles. The molecule has 0 spiro atoms. The van der Waals surface area contributed by atoms with Crippen LogP contribution in [0.1, 0.15) is 28.4 Å². The minimum absolute atomic E-state index is 0.118. The monoisotopic (exact) mass is 284 g/mol. The molecular weight excluding hydrogens is 264 g/mol. The fourth-order valence-electron chi connectivity index (χ4n) is 2.35. The van der Waals surface area contributed by atoms with Crippen LogP contribution in [0.3, 0.4) is 0 Å². The lowest BCUT2D eigenvalue weighted by Gasteiger charge is -2.22. The van der Waals surface area contributed by atoms with Crippen molar-refractivity contribution in [3.8, 4) is 5.75 Å². The molecule has 0 aliphatic rings. The third-order valence-electron chi connectivity index (χ3n) is 3.55. The number of phenolic OH excluding ortho intramolecular Hbond substituents is 1. The molecule has 2 aromatic rings. The maximum absolute atomic E-state index is 12.8. The van der Waals surface area contributed by atoms with Gasteiger partial charge in [0.05, 0.1) is 0 Å². The second-order valence-corrected chi connectivity index (χ2v) is 5.09. The number of amides is 1. The zero-order valence-electron chi connectivity index (χ0n) is 12.6. The van der Waals surface area contributed by atoms with Crippen LogP contribution in [0.15, 0.2) is 36.4 Å². The van der Waals surface area contributed by atoms with Gasteiger partial charge in [0.1, 0.15) is 5.75 Å². The third-order valence-corrected chi connectivity index (χ3v) is 3.55. The van der Waals surface area contributed by atoms with Gasteiger partial charge in [0, 0.05) is 29.5 Å². The van der Waals surface area contributed by atoms with E-state index in [9.17, 15) is 9.90 Å². The van der Waals surface area contributed by atoms with Gasteiger partial charge in [-0.25, -0.2) is 0 Å². The van der Waals surface area contributed by atoms with Gasteiger partial charge in [-0.1, -0.05) is 12.1 Å². The zero-order chi connectivity index (χ0) is 15.6. The van der Waals surface area contributed by atoms with Crippen LogP contribution in [-0.4, -0.2) is 17.6 Å². The normalized spacial score (nSPS) is 10.4. The van der Waals surface area contributed by atoms with Crippen molar-refractivity contribution in [2.24, 2.45) is 0 Å². The predicted molar refractivity (Wildman–Crippen MR) is 85.8 cm³/mol. The molecule has 1 amide bonds. The van der Waals surface area contributed by atoms with E-state index < -0.39 is 0 Å². The molecule has 0 aliphatic carbocycles. The summed E-state index contributed by atoms with van der Waals surface area (Å²) >= 11 is 0. The number of nitrogens with two attached hydrogens (primary N) is 1. The van der Waals surface area contributed by atoms with Crippen LogP contribution >= 0.6 is 0 Å². The molecule has 0 fully saturated rings. The van der Waals surface area contributed by atoms with Crippen molar-refractivity contribution in [2.75, 3.05) is 17.2 Å². The van der Waals surface area contributed by atoms with Crippen LogP contribution in [-0.2, 0) is 0 Å². The van der Waals surface area contributed by atoms with E-state index in [0.717, 1.165) is 11.1 Å². The Morgan fingerprint density at radius 3 is 2.52 bits per heavy atom. The van der Waals surface area contributed by atoms with Gasteiger partial charge in [-0.05, 0) is 50.1 Å². The van der Waals surface area contributed by atoms with E-state index in [0.29, 0.717) is 23.5 Å². The van der Waals surface area contributed by atoms with Crippen molar-refractivity contribution in [3.05, 3.63) is 53.1 Å². The first-order valence-electron chi connectivity index (χ1n) is 6.91. The minimum Gasteiger partial charge on any atom is -0.508 e. The molecule has 0 atom stereocenters. The Bertz CT molecular complexity index is 680. The van der Waals surface area contributed by atoms with Crippen molar-refractivity contribution in [3.63, 3.8) is 0 Å². The van der Waals surface area contributed by atoms with Gasteiger partial charge in [0.2, 0.25) is 0 Å². The highest BCUT2D eigenvalue weighted by atomic mass is 16.3. The van der Waals surface area contributed by atoms with E-state index in [1.54, 1.807) is 35.2 Å². The SMILES string of the molecule is CCN(C(=O)c1cc(N)c(C)cc1C)c1cccc(O)c1. The van der Waals surface area contributed by atoms with Gasteiger partial charge in [-0.2, -0.15) is 0 Å². The lowest BCUT2D eigenvalue weighted by molar-refractivity contribution is 0.0988. The summed E-state index contributed by atoms with van der Waals surface area (Å²) in [6, 6.07) is 10.3. The number of nitrogen functional groups attached to an aromatic ring is 1. The summed E-state index contributed by atoms with van der Waals surface area (Å²) in [4.78, 5) is 14.4. The smallest absolute Gasteiger partial charge is 0.258 e. The Hall–Kier alpha value is -2.49. The number of rotatable bonds is 3. The number of hydrogen-bond donors (Lipinski definition) is 2. The van der Waals surface area contributed by atoms with Crippen LogP contribution in [0.5, 0.6) is 5.75 Å². The van der Waals surface area contributed by atoms with Crippen molar-refractivity contribution in [1.29, 1.82) is 0 Å². The molecule has 4 heteroatoms. The number of nitrogens with zero attached hydrogens (tertiary/aromatic N) is 1. The van der Waals surface area contributed by atoms with Crippen molar-refractivity contribution in [1.82, 2.24) is 0 Å². The number of aromatic hydroxyl groups is 1. The first-order valence-corrected chi connectivity index (χ1v) is 6.91. The van der Waals surface area contributed by atoms with Crippen LogP contribution < -0.4 is 10.6 Å². The summed E-state index contributed by atoms with van der Waals surface area (Å²) in [5, 5.41) is 9.59. The molecule has 2 rings (SSSR count). The highest BCUT2D eigenvalue weighted by Crippen LogP contribution is 2.24. The summed E-state index contributed by atoms with van der Waals surface area (Å²) in [5.41, 5.74) is 9.64. The summed E-state index contributed by atoms with van der Waals surface area (Å²) in [7, 11) is 0. The quantitative estimate of drug-likeness (QED) is 0.850. The fraction of sp³-hybridized carbons (Fsp3) is 0.235. The molecule has 2 aromatic carbocycles. The molecule has 0 radical (unpaired) electrons. The Kier molecular flexibility index (Phi) is 4.17. The number of aryl methyl sites for hydroxylation is 2. The van der Waals surface area contributed by atoms with Crippen LogP contribution in [0.25, 0.3) is 0 Å². The van der Waals surface area contributed by atoms with Gasteiger partial charge < -0.3 is 15.7 Å². The minimum atomic E-state index is -0.118. The zero-order valence-corrected chi connectivity index (χ0v) is 12.6. The maximum atomic E-state index is 12.8. The summed E-state index contributed by atoms with van der Waals surface area (Å²) in [6.45, 7) is 6.23. The molecule has 110 valence electrons. The van der Waals surface area contributed by atoms with Crippen LogP contribution in [0, 0.1) is 13.8 Å². The second-order valence-electron chi connectivity index (χ2n) is 5.09. The number of anilines is 2. The van der Waals surface area contributed by atoms with E-state index in [4.69, 9.17) is 5.73 Å². The Morgan fingerprint density at radius 1 is 1.19 bits per heavy atom. The topological polar surface area (TPSA) is 66.6 Å². The summed E-state index contributed by atoms with van der Waals surface area (Å²) in [6.07, 6.45) is 0. The van der Waals surface area contributed by atoms with E-state index in [1.165, 1.54) is 0 Å². The van der Waals surface area contributed by atoms with Gasteiger partial charge in [-0.15, -0.1) is 0 Å². The summed E-state index contributed by atoms with van der Waals surface area (Å²) < 4.78 is 0. The van der Waals surface area contributed by atoms with E-state index in [1.807, 2.05) is 26.8 Å². The van der Waals surface area contributed by atoms with Crippen molar-refractivity contribution >= 4 is 17.3 Å². The highest BCUT2D eigenvalue weighted by Gasteiger charge is 2.19. The fourth-order valence-corrected chi connectivity index (χ4v) is 2.35. The average Bonchev–Trinajstić information content (AvgIpc) is 2.43. The Morgan fingerprint density at radius 2 is 1.90 bits per heavy atom. The maximum Gasteiger partial charge on any atom is 0.258 e. The molecule has 4 nitrogen and oxygen atoms in total. The highest BCUT2D eigenvalue weighted by molar-refractivity contribution is 6.07. The number of carbonyl (C=O) groups excluding carboxylic acids is 1. The molecule has 21 heavy (non-hydrogen) atoms. The standard InChI is InChI=1S/C17H20N2O2/c1-4-19(13-6-5-7-14(20)9-13)17(21)15-10-16(18)12(3)8-11(15)2/h5-10,20H,4,18H2,1-3H3. The van der Waals surface area contributed by atoms with Gasteiger partial charge in [-0.3, -0.25) is 4.79 Å². The van der Waals surface area contributed by atoms with E-state index in [-0.39, 0.29) is 11.7 Å². The second kappa shape index (κ2) is 5.87. The molecule has 0 saturated heterocycles. The van der Waals surface area contributed by atoms with Crippen LogP contribution in [0.4, 0.5) is 11.4 Å². The molecule has 0 saturated carbocycles. The van der Waals surface area contributed by atoms with Crippen molar-refractivity contribution < 1.29 is 9.90 Å². The van der Waals surface area contributed by atoms with Crippen molar-refractivity contribution in [2.45, 2.75) is 20.8 Å². The van der Waals surface area contributed by atoms with E-state index in [2.05, 4.69) is 0 Å². The lowest BCUT2D eigenvalue weighted by atomic mass is 10.0. The number of phenols is 1. The number of hydrogen-bond acceptors (Lipinski definition) is 3. The molecule has 3 N–H and O–H groups in total. The third kappa shape index (κ3) is 2.99.